The van der Waals surface area contributed by atoms with Crippen molar-refractivity contribution in [3.63, 3.8) is 0 Å². The van der Waals surface area contributed by atoms with Gasteiger partial charge in [-0.3, -0.25) is 0 Å². The Kier molecular flexibility index (Phi) is 4.16. The van der Waals surface area contributed by atoms with Crippen molar-refractivity contribution in [3.05, 3.63) is 12.2 Å². The number of methoxy groups -OCH3 is 1. The van der Waals surface area contributed by atoms with E-state index in [4.69, 9.17) is 4.74 Å². The molecule has 9 unspecified atom stereocenters. The number of rotatable bonds is 2. The van der Waals surface area contributed by atoms with Crippen molar-refractivity contribution in [1.29, 1.82) is 0 Å². The van der Waals surface area contributed by atoms with Gasteiger partial charge in [-0.1, -0.05) is 26.0 Å². The minimum Gasteiger partial charge on any atom is -0.393 e. The van der Waals surface area contributed by atoms with Gasteiger partial charge in [-0.2, -0.15) is 0 Å². The fourth-order valence-electron chi connectivity index (χ4n) is 7.63. The molecule has 2 heteroatoms. The van der Waals surface area contributed by atoms with Gasteiger partial charge in [0.25, 0.3) is 0 Å². The van der Waals surface area contributed by atoms with Gasteiger partial charge in [0.05, 0.1) is 12.2 Å². The zero-order valence-corrected chi connectivity index (χ0v) is 16.0. The lowest BCUT2D eigenvalue weighted by molar-refractivity contribution is -0.0915. The quantitative estimate of drug-likeness (QED) is 0.735. The molecule has 0 radical (unpaired) electrons. The van der Waals surface area contributed by atoms with E-state index in [1.807, 2.05) is 14.0 Å². The predicted molar refractivity (Wildman–Crippen MR) is 97.6 cm³/mol. The Bertz CT molecular complexity index is 512. The van der Waals surface area contributed by atoms with Gasteiger partial charge in [0, 0.05) is 7.11 Å². The SMILES string of the molecule is COC1CCC2(C)C(C=CC3C2CCC2(C)C(C(C)O)CCC32)C1. The molecule has 3 saturated carbocycles. The molecule has 0 aliphatic heterocycles. The van der Waals surface area contributed by atoms with E-state index in [0.29, 0.717) is 28.8 Å². The van der Waals surface area contributed by atoms with Crippen molar-refractivity contribution < 1.29 is 9.84 Å². The van der Waals surface area contributed by atoms with Crippen molar-refractivity contribution in [1.82, 2.24) is 0 Å². The molecular formula is C22H36O2. The van der Waals surface area contributed by atoms with Crippen LogP contribution in [0.15, 0.2) is 12.2 Å². The van der Waals surface area contributed by atoms with E-state index in [1.165, 1.54) is 44.9 Å². The lowest BCUT2D eigenvalue weighted by Crippen LogP contribution is -2.52. The van der Waals surface area contributed by atoms with Crippen LogP contribution in [0.1, 0.15) is 65.7 Å². The molecule has 0 bridgehead atoms. The Morgan fingerprint density at radius 1 is 1.00 bits per heavy atom. The van der Waals surface area contributed by atoms with E-state index in [9.17, 15) is 5.11 Å². The molecule has 9 atom stereocenters. The summed E-state index contributed by atoms with van der Waals surface area (Å²) in [6, 6.07) is 0. The van der Waals surface area contributed by atoms with Crippen LogP contribution in [0, 0.1) is 40.4 Å². The average molecular weight is 333 g/mol. The lowest BCUT2D eigenvalue weighted by Gasteiger charge is -2.59. The van der Waals surface area contributed by atoms with E-state index < -0.39 is 0 Å². The molecule has 4 rings (SSSR count). The second-order valence-corrected chi connectivity index (χ2v) is 9.89. The highest BCUT2D eigenvalue weighted by molar-refractivity contribution is 5.18. The molecule has 4 aliphatic rings. The van der Waals surface area contributed by atoms with E-state index in [0.717, 1.165) is 17.8 Å². The second-order valence-electron chi connectivity index (χ2n) is 9.89. The number of aliphatic hydroxyl groups is 1. The van der Waals surface area contributed by atoms with Crippen LogP contribution in [-0.2, 0) is 4.74 Å². The number of aliphatic hydroxyl groups excluding tert-OH is 1. The van der Waals surface area contributed by atoms with Gasteiger partial charge in [-0.25, -0.2) is 0 Å². The van der Waals surface area contributed by atoms with E-state index >= 15 is 0 Å². The maximum atomic E-state index is 10.3. The third-order valence-corrected chi connectivity index (χ3v) is 9.10. The van der Waals surface area contributed by atoms with Gasteiger partial charge < -0.3 is 9.84 Å². The van der Waals surface area contributed by atoms with Gasteiger partial charge in [-0.05, 0) is 92.3 Å². The molecule has 0 aromatic heterocycles. The van der Waals surface area contributed by atoms with Crippen LogP contribution in [0.25, 0.3) is 0 Å². The van der Waals surface area contributed by atoms with Crippen molar-refractivity contribution in [3.8, 4) is 0 Å². The van der Waals surface area contributed by atoms with Crippen LogP contribution in [-0.4, -0.2) is 24.4 Å². The Balaban J connectivity index is 1.63. The Labute approximate surface area is 148 Å². The largest absolute Gasteiger partial charge is 0.393 e. The Morgan fingerprint density at radius 2 is 1.71 bits per heavy atom. The van der Waals surface area contributed by atoms with Gasteiger partial charge >= 0.3 is 0 Å². The van der Waals surface area contributed by atoms with Crippen molar-refractivity contribution in [2.24, 2.45) is 40.4 Å². The summed E-state index contributed by atoms with van der Waals surface area (Å²) in [6.07, 6.45) is 14.5. The molecule has 136 valence electrons. The highest BCUT2D eigenvalue weighted by atomic mass is 16.5. The van der Waals surface area contributed by atoms with Gasteiger partial charge in [-0.15, -0.1) is 0 Å². The van der Waals surface area contributed by atoms with Gasteiger partial charge in [0.2, 0.25) is 0 Å². The topological polar surface area (TPSA) is 29.5 Å². The second kappa shape index (κ2) is 5.84. The van der Waals surface area contributed by atoms with Crippen LogP contribution in [0.4, 0.5) is 0 Å². The zero-order chi connectivity index (χ0) is 17.1. The normalized spacial score (nSPS) is 54.7. The number of hydrogen-bond donors (Lipinski definition) is 1. The molecule has 24 heavy (non-hydrogen) atoms. The molecule has 0 amide bonds. The zero-order valence-electron chi connectivity index (χ0n) is 16.0. The van der Waals surface area contributed by atoms with Crippen LogP contribution >= 0.6 is 0 Å². The van der Waals surface area contributed by atoms with Crippen LogP contribution in [0.2, 0.25) is 0 Å². The highest BCUT2D eigenvalue weighted by Crippen LogP contribution is 2.66. The molecule has 0 heterocycles. The molecule has 1 N–H and O–H groups in total. The summed E-state index contributed by atoms with van der Waals surface area (Å²) >= 11 is 0. The van der Waals surface area contributed by atoms with Crippen LogP contribution in [0.3, 0.4) is 0 Å². The first-order chi connectivity index (χ1) is 11.4. The molecule has 3 fully saturated rings. The average Bonchev–Trinajstić information content (AvgIpc) is 2.91. The first kappa shape index (κ1) is 17.1. The Morgan fingerprint density at radius 3 is 2.42 bits per heavy atom. The summed E-state index contributed by atoms with van der Waals surface area (Å²) in [6.45, 7) is 7.08. The van der Waals surface area contributed by atoms with Crippen molar-refractivity contribution in [2.75, 3.05) is 7.11 Å². The van der Waals surface area contributed by atoms with Gasteiger partial charge in [0.1, 0.15) is 0 Å². The highest BCUT2D eigenvalue weighted by Gasteiger charge is 2.59. The Hall–Kier alpha value is -0.340. The number of fused-ring (bicyclic) bond motifs is 5. The molecule has 4 aliphatic carbocycles. The summed E-state index contributed by atoms with van der Waals surface area (Å²) in [7, 11) is 1.88. The fraction of sp³-hybridized carbons (Fsp3) is 0.909. The predicted octanol–water partition coefficient (Wildman–Crippen LogP) is 4.82. The minimum absolute atomic E-state index is 0.149. The third-order valence-electron chi connectivity index (χ3n) is 9.10. The fourth-order valence-corrected chi connectivity index (χ4v) is 7.63. The smallest absolute Gasteiger partial charge is 0.0577 e. The first-order valence-electron chi connectivity index (χ1n) is 10.3. The summed E-state index contributed by atoms with van der Waals surface area (Å²) in [5.74, 6) is 3.58. The summed E-state index contributed by atoms with van der Waals surface area (Å²) in [5, 5.41) is 10.3. The summed E-state index contributed by atoms with van der Waals surface area (Å²) in [5.41, 5.74) is 0.825. The molecule has 0 aromatic carbocycles. The first-order valence-corrected chi connectivity index (χ1v) is 10.3. The lowest BCUT2D eigenvalue weighted by atomic mass is 9.46. The monoisotopic (exact) mass is 332 g/mol. The molecule has 0 saturated heterocycles. The maximum Gasteiger partial charge on any atom is 0.0577 e. The van der Waals surface area contributed by atoms with E-state index in [-0.39, 0.29) is 6.10 Å². The summed E-state index contributed by atoms with van der Waals surface area (Å²) < 4.78 is 5.69. The molecular weight excluding hydrogens is 296 g/mol. The maximum absolute atomic E-state index is 10.3. The molecule has 0 aromatic rings. The third kappa shape index (κ3) is 2.28. The van der Waals surface area contributed by atoms with Crippen LogP contribution in [0.5, 0.6) is 0 Å². The van der Waals surface area contributed by atoms with E-state index in [1.54, 1.807) is 0 Å². The van der Waals surface area contributed by atoms with Gasteiger partial charge in [0.15, 0.2) is 0 Å². The number of allylic oxidation sites excluding steroid dienone is 2. The van der Waals surface area contributed by atoms with Crippen LogP contribution < -0.4 is 0 Å². The van der Waals surface area contributed by atoms with Crippen molar-refractivity contribution in [2.45, 2.75) is 77.9 Å². The molecule has 0 spiro atoms. The van der Waals surface area contributed by atoms with E-state index in [2.05, 4.69) is 26.0 Å². The minimum atomic E-state index is -0.149. The van der Waals surface area contributed by atoms with Crippen molar-refractivity contribution >= 4 is 0 Å². The standard InChI is InChI=1S/C22H36O2/c1-14(23)18-7-8-19-17-6-5-15-13-16(24-4)9-11-21(15,2)20(17)10-12-22(18,19)3/h5-6,14-20,23H,7-13H2,1-4H3. The number of ether oxygens (including phenoxy) is 1. The number of hydrogen-bond acceptors (Lipinski definition) is 2. The molecule has 2 nitrogen and oxygen atoms in total. The summed E-state index contributed by atoms with van der Waals surface area (Å²) in [4.78, 5) is 0.